The molecule has 0 aliphatic heterocycles. The van der Waals surface area contributed by atoms with E-state index in [1.807, 2.05) is 45.2 Å². The van der Waals surface area contributed by atoms with Gasteiger partial charge in [-0.25, -0.2) is 4.98 Å². The van der Waals surface area contributed by atoms with Crippen LogP contribution in [0.25, 0.3) is 11.1 Å². The van der Waals surface area contributed by atoms with Gasteiger partial charge in [-0.2, -0.15) is 0 Å². The van der Waals surface area contributed by atoms with Crippen molar-refractivity contribution in [2.24, 2.45) is 11.8 Å². The minimum Gasteiger partial charge on any atom is -0.496 e. The lowest BCUT2D eigenvalue weighted by atomic mass is 9.72. The number of aromatic nitrogens is 1. The average Bonchev–Trinajstić information content (AvgIpc) is 3.00. The molecule has 0 spiro atoms. The molecule has 5 rings (SSSR count). The molecule has 224 valence electrons. The molecule has 6 heteroatoms. The van der Waals surface area contributed by atoms with Crippen molar-refractivity contribution in [1.82, 2.24) is 10.3 Å². The highest BCUT2D eigenvalue weighted by Crippen LogP contribution is 2.43. The summed E-state index contributed by atoms with van der Waals surface area (Å²) < 4.78 is 11.2. The van der Waals surface area contributed by atoms with E-state index in [1.165, 1.54) is 6.42 Å². The zero-order valence-corrected chi connectivity index (χ0v) is 25.5. The predicted octanol–water partition coefficient (Wildman–Crippen LogP) is 7.54. The molecule has 0 bridgehead atoms. The number of carbonyl (C=O) groups is 1. The zero-order valence-electron chi connectivity index (χ0n) is 25.5. The molecule has 6 nitrogen and oxygen atoms in total. The van der Waals surface area contributed by atoms with E-state index in [9.17, 15) is 9.90 Å². The number of hydrogen-bond acceptors (Lipinski definition) is 5. The lowest BCUT2D eigenvalue weighted by Crippen LogP contribution is -2.41. The van der Waals surface area contributed by atoms with Crippen molar-refractivity contribution in [3.05, 3.63) is 77.5 Å². The first kappa shape index (κ1) is 30.1. The van der Waals surface area contributed by atoms with Crippen LogP contribution in [-0.2, 0) is 4.79 Å². The summed E-state index contributed by atoms with van der Waals surface area (Å²) in [5.74, 6) is 1.92. The second-order valence-corrected chi connectivity index (χ2v) is 12.5. The largest absolute Gasteiger partial charge is 0.496 e. The molecule has 2 N–H and O–H groups in total. The number of rotatable bonds is 9. The van der Waals surface area contributed by atoms with Crippen LogP contribution >= 0.6 is 0 Å². The molecule has 4 unspecified atom stereocenters. The van der Waals surface area contributed by atoms with E-state index in [0.717, 1.165) is 72.1 Å². The van der Waals surface area contributed by atoms with Crippen LogP contribution in [-0.4, -0.2) is 35.3 Å². The number of amides is 1. The van der Waals surface area contributed by atoms with Gasteiger partial charge in [0.15, 0.2) is 0 Å². The summed E-state index contributed by atoms with van der Waals surface area (Å²) in [6.07, 6.45) is 9.24. The van der Waals surface area contributed by atoms with E-state index >= 15 is 0 Å². The third kappa shape index (κ3) is 7.15. The van der Waals surface area contributed by atoms with Gasteiger partial charge in [-0.3, -0.25) is 4.79 Å². The lowest BCUT2D eigenvalue weighted by Gasteiger charge is -2.38. The summed E-state index contributed by atoms with van der Waals surface area (Å²) in [4.78, 5) is 18.1. The van der Waals surface area contributed by atoms with Crippen LogP contribution in [0.4, 0.5) is 0 Å². The highest BCUT2D eigenvalue weighted by Gasteiger charge is 2.36. The van der Waals surface area contributed by atoms with Crippen LogP contribution < -0.4 is 14.8 Å². The van der Waals surface area contributed by atoms with Crippen molar-refractivity contribution < 1.29 is 19.4 Å². The van der Waals surface area contributed by atoms with Crippen LogP contribution in [0, 0.1) is 18.8 Å². The Kier molecular flexibility index (Phi) is 9.84. The van der Waals surface area contributed by atoms with Crippen LogP contribution in [0.3, 0.4) is 0 Å². The smallest absolute Gasteiger partial charge is 0.223 e. The Morgan fingerprint density at radius 3 is 2.45 bits per heavy atom. The molecule has 42 heavy (non-hydrogen) atoms. The molecule has 3 aromatic rings. The first-order chi connectivity index (χ1) is 20.3. The Balaban J connectivity index is 1.39. The first-order valence-corrected chi connectivity index (χ1v) is 15.7. The second kappa shape index (κ2) is 13.7. The normalized spacial score (nSPS) is 22.0. The maximum atomic E-state index is 13.6. The summed E-state index contributed by atoms with van der Waals surface area (Å²) in [7, 11) is 1.69. The Hall–Kier alpha value is -3.38. The van der Waals surface area contributed by atoms with Gasteiger partial charge in [-0.05, 0) is 99.2 Å². The molecule has 0 saturated heterocycles. The summed E-state index contributed by atoms with van der Waals surface area (Å²) in [5, 5.41) is 14.9. The molecule has 2 aliphatic carbocycles. The van der Waals surface area contributed by atoms with Crippen LogP contribution in [0.15, 0.2) is 60.8 Å². The molecule has 4 atom stereocenters. The van der Waals surface area contributed by atoms with E-state index in [2.05, 4.69) is 46.7 Å². The van der Waals surface area contributed by atoms with Crippen molar-refractivity contribution in [2.75, 3.05) is 7.11 Å². The highest BCUT2D eigenvalue weighted by atomic mass is 16.5. The van der Waals surface area contributed by atoms with Gasteiger partial charge in [0, 0.05) is 29.7 Å². The van der Waals surface area contributed by atoms with Gasteiger partial charge in [0.25, 0.3) is 0 Å². The van der Waals surface area contributed by atoms with E-state index in [0.29, 0.717) is 12.3 Å². The van der Waals surface area contributed by atoms with Crippen molar-refractivity contribution >= 4 is 5.91 Å². The maximum Gasteiger partial charge on any atom is 0.223 e. The molecule has 2 fully saturated rings. The molecule has 2 aliphatic rings. The van der Waals surface area contributed by atoms with Crippen molar-refractivity contribution in [1.29, 1.82) is 0 Å². The van der Waals surface area contributed by atoms with E-state index < -0.39 is 6.10 Å². The minimum absolute atomic E-state index is 0.0689. The van der Waals surface area contributed by atoms with Gasteiger partial charge >= 0.3 is 0 Å². The van der Waals surface area contributed by atoms with E-state index in [-0.39, 0.29) is 35.8 Å². The number of carbonyl (C=O) groups excluding carboxylic acids is 1. The number of nitrogens with zero attached hydrogens (tertiary/aromatic N) is 1. The number of ether oxygens (including phenoxy) is 2. The molecule has 2 saturated carbocycles. The predicted molar refractivity (Wildman–Crippen MR) is 167 cm³/mol. The number of aliphatic hydroxyl groups excluding tert-OH is 1. The molecular formula is C36H46N2O4. The molecule has 1 amide bonds. The number of benzene rings is 2. The van der Waals surface area contributed by atoms with Gasteiger partial charge in [0.1, 0.15) is 5.75 Å². The van der Waals surface area contributed by atoms with Crippen molar-refractivity contribution in [2.45, 2.75) is 96.3 Å². The Labute approximate surface area is 250 Å². The number of aryl methyl sites for hydroxylation is 1. The fourth-order valence-corrected chi connectivity index (χ4v) is 6.89. The summed E-state index contributed by atoms with van der Waals surface area (Å²) in [5.41, 5.74) is 5.37. The maximum absolute atomic E-state index is 13.6. The van der Waals surface area contributed by atoms with Crippen LogP contribution in [0.5, 0.6) is 11.6 Å². The summed E-state index contributed by atoms with van der Waals surface area (Å²) in [6.45, 7) is 6.02. The van der Waals surface area contributed by atoms with Crippen LogP contribution in [0.2, 0.25) is 0 Å². The van der Waals surface area contributed by atoms with Gasteiger partial charge in [-0.15, -0.1) is 0 Å². The number of hydrogen-bond donors (Lipinski definition) is 2. The summed E-state index contributed by atoms with van der Waals surface area (Å²) in [6, 6.07) is 18.4. The number of methoxy groups -OCH3 is 1. The SMILES string of the molecule is COc1ccc(C2CCC(C(NC(=O)C3CCCCC3)c3cccc(-c4ccc(OC(C)C)nc4)c3)CC2O)cc1C. The first-order valence-electron chi connectivity index (χ1n) is 15.7. The minimum atomic E-state index is -0.480. The highest BCUT2D eigenvalue weighted by molar-refractivity contribution is 5.79. The van der Waals surface area contributed by atoms with Gasteiger partial charge in [0.05, 0.1) is 25.4 Å². The molecule has 1 heterocycles. The quantitative estimate of drug-likeness (QED) is 0.278. The van der Waals surface area contributed by atoms with E-state index in [1.54, 1.807) is 7.11 Å². The lowest BCUT2D eigenvalue weighted by molar-refractivity contribution is -0.127. The summed E-state index contributed by atoms with van der Waals surface area (Å²) >= 11 is 0. The van der Waals surface area contributed by atoms with Gasteiger partial charge in [-0.1, -0.05) is 49.6 Å². The third-order valence-electron chi connectivity index (χ3n) is 9.12. The van der Waals surface area contributed by atoms with Crippen molar-refractivity contribution in [3.8, 4) is 22.8 Å². The molecule has 1 aromatic heterocycles. The monoisotopic (exact) mass is 570 g/mol. The molecule has 0 radical (unpaired) electrons. The fraction of sp³-hybridized carbons (Fsp3) is 0.500. The Morgan fingerprint density at radius 2 is 1.79 bits per heavy atom. The number of pyridine rings is 1. The number of nitrogens with one attached hydrogen (secondary N) is 1. The average molecular weight is 571 g/mol. The van der Waals surface area contributed by atoms with Crippen LogP contribution in [0.1, 0.15) is 93.9 Å². The van der Waals surface area contributed by atoms with Gasteiger partial charge in [0.2, 0.25) is 11.8 Å². The van der Waals surface area contributed by atoms with E-state index in [4.69, 9.17) is 9.47 Å². The third-order valence-corrected chi connectivity index (χ3v) is 9.12. The number of aliphatic hydroxyl groups is 1. The second-order valence-electron chi connectivity index (χ2n) is 12.5. The van der Waals surface area contributed by atoms with Gasteiger partial charge < -0.3 is 19.9 Å². The Morgan fingerprint density at radius 1 is 0.976 bits per heavy atom. The fourth-order valence-electron chi connectivity index (χ4n) is 6.89. The standard InChI is InChI=1S/C36H46N2O4/c1-23(2)42-34-18-15-30(22-37-34)26-11-8-12-28(20-26)35(38-36(40)25-9-6-5-7-10-25)29-13-16-31(32(39)21-29)27-14-17-33(41-4)24(3)19-27/h8,11-12,14-15,17-20,22-23,25,29,31-32,35,39H,5-7,9-10,13,16,21H2,1-4H3,(H,38,40). The Bertz CT molecular complexity index is 1330. The molecule has 2 aromatic carbocycles. The molecular weight excluding hydrogens is 524 g/mol. The zero-order chi connectivity index (χ0) is 29.6. The topological polar surface area (TPSA) is 80.7 Å². The van der Waals surface area contributed by atoms with Crippen molar-refractivity contribution in [3.63, 3.8) is 0 Å².